The van der Waals surface area contributed by atoms with E-state index in [1.807, 2.05) is 0 Å². The highest BCUT2D eigenvalue weighted by molar-refractivity contribution is 7.89. The van der Waals surface area contributed by atoms with Gasteiger partial charge in [-0.1, -0.05) is 18.2 Å². The van der Waals surface area contributed by atoms with Crippen LogP contribution in [0.15, 0.2) is 53.4 Å². The fourth-order valence-corrected chi connectivity index (χ4v) is 4.26. The first-order chi connectivity index (χ1) is 11.9. The predicted molar refractivity (Wildman–Crippen MR) is 90.5 cm³/mol. The number of hydrogen-bond donors (Lipinski definition) is 0. The Bertz CT molecular complexity index is 882. The molecule has 1 heterocycles. The summed E-state index contributed by atoms with van der Waals surface area (Å²) in [6.45, 7) is 0.981. The molecule has 2 aromatic rings. The van der Waals surface area contributed by atoms with Crippen LogP contribution in [-0.4, -0.2) is 43.8 Å². The summed E-state index contributed by atoms with van der Waals surface area (Å²) < 4.78 is 39.8. The van der Waals surface area contributed by atoms with Gasteiger partial charge in [0, 0.05) is 26.2 Å². The average Bonchev–Trinajstić information content (AvgIpc) is 2.62. The van der Waals surface area contributed by atoms with Crippen LogP contribution >= 0.6 is 0 Å². The molecule has 3 rings (SSSR count). The van der Waals surface area contributed by atoms with E-state index in [1.165, 1.54) is 22.5 Å². The Morgan fingerprint density at radius 3 is 2.24 bits per heavy atom. The normalized spacial score (nSPS) is 16.0. The number of halogens is 1. The van der Waals surface area contributed by atoms with Crippen molar-refractivity contribution in [2.45, 2.75) is 4.90 Å². The van der Waals surface area contributed by atoms with E-state index in [0.29, 0.717) is 18.8 Å². The highest BCUT2D eigenvalue weighted by atomic mass is 32.2. The third kappa shape index (κ3) is 3.47. The van der Waals surface area contributed by atoms with Gasteiger partial charge in [0.15, 0.2) is 0 Å². The topological polar surface area (TPSA) is 83.8 Å². The number of sulfonamides is 1. The zero-order chi connectivity index (χ0) is 18.0. The van der Waals surface area contributed by atoms with Gasteiger partial charge in [-0.3, -0.25) is 10.1 Å². The molecule has 0 bridgehead atoms. The summed E-state index contributed by atoms with van der Waals surface area (Å²) >= 11 is 0. The lowest BCUT2D eigenvalue weighted by atomic mass is 10.2. The lowest BCUT2D eigenvalue weighted by molar-refractivity contribution is -0.384. The van der Waals surface area contributed by atoms with Crippen LogP contribution in [0.2, 0.25) is 0 Å². The van der Waals surface area contributed by atoms with Crippen LogP contribution in [0.1, 0.15) is 0 Å². The number of anilines is 1. The van der Waals surface area contributed by atoms with E-state index in [2.05, 4.69) is 0 Å². The molecular weight excluding hydrogens is 349 g/mol. The van der Waals surface area contributed by atoms with Gasteiger partial charge in [0.1, 0.15) is 11.5 Å². The van der Waals surface area contributed by atoms with Crippen molar-refractivity contribution >= 4 is 21.4 Å². The monoisotopic (exact) mass is 365 g/mol. The maximum absolute atomic E-state index is 13.3. The molecule has 9 heteroatoms. The van der Waals surface area contributed by atoms with Gasteiger partial charge in [0.2, 0.25) is 10.0 Å². The van der Waals surface area contributed by atoms with Crippen molar-refractivity contribution in [3.8, 4) is 0 Å². The van der Waals surface area contributed by atoms with Crippen molar-refractivity contribution in [3.05, 3.63) is 64.5 Å². The van der Waals surface area contributed by atoms with E-state index in [9.17, 15) is 22.9 Å². The Balaban J connectivity index is 1.78. The van der Waals surface area contributed by atoms with Crippen LogP contribution in [0.3, 0.4) is 0 Å². The third-order valence-corrected chi connectivity index (χ3v) is 6.01. The van der Waals surface area contributed by atoms with Crippen molar-refractivity contribution in [2.75, 3.05) is 31.1 Å². The van der Waals surface area contributed by atoms with Crippen LogP contribution in [0.4, 0.5) is 15.8 Å². The average molecular weight is 365 g/mol. The summed E-state index contributed by atoms with van der Waals surface area (Å²) in [5.74, 6) is -0.680. The van der Waals surface area contributed by atoms with E-state index in [1.54, 1.807) is 23.1 Å². The number of nitrogens with zero attached hydrogens (tertiary/aromatic N) is 3. The molecule has 0 unspecified atom stereocenters. The third-order valence-electron chi connectivity index (χ3n) is 4.09. The van der Waals surface area contributed by atoms with Gasteiger partial charge in [-0.15, -0.1) is 0 Å². The first-order valence-electron chi connectivity index (χ1n) is 7.64. The summed E-state index contributed by atoms with van der Waals surface area (Å²) in [7, 11) is -3.59. The number of hydrogen-bond acceptors (Lipinski definition) is 5. The summed E-state index contributed by atoms with van der Waals surface area (Å²) in [4.78, 5) is 12.4. The van der Waals surface area contributed by atoms with Crippen LogP contribution in [0, 0.1) is 15.9 Å². The molecule has 2 aromatic carbocycles. The molecule has 1 aliphatic heterocycles. The highest BCUT2D eigenvalue weighted by Crippen LogP contribution is 2.30. The second kappa shape index (κ2) is 6.77. The van der Waals surface area contributed by atoms with Gasteiger partial charge in [0.05, 0.1) is 15.9 Å². The second-order valence-electron chi connectivity index (χ2n) is 5.59. The molecule has 0 amide bonds. The Morgan fingerprint density at radius 2 is 1.64 bits per heavy atom. The summed E-state index contributed by atoms with van der Waals surface area (Å²) in [5, 5.41) is 11.1. The quantitative estimate of drug-likeness (QED) is 0.613. The molecule has 0 aromatic heterocycles. The first-order valence-corrected chi connectivity index (χ1v) is 9.08. The van der Waals surface area contributed by atoms with Crippen LogP contribution in [0.5, 0.6) is 0 Å². The molecule has 0 spiro atoms. The minimum Gasteiger partial charge on any atom is -0.363 e. The number of nitro groups is 1. The Morgan fingerprint density at radius 1 is 1.00 bits per heavy atom. The van der Waals surface area contributed by atoms with E-state index in [4.69, 9.17) is 0 Å². The molecular formula is C16H16FN3O4S. The molecule has 0 saturated carbocycles. The number of nitro benzene ring substituents is 1. The van der Waals surface area contributed by atoms with Crippen molar-refractivity contribution in [2.24, 2.45) is 0 Å². The van der Waals surface area contributed by atoms with Gasteiger partial charge < -0.3 is 4.90 Å². The number of rotatable bonds is 4. The molecule has 25 heavy (non-hydrogen) atoms. The summed E-state index contributed by atoms with van der Waals surface area (Å²) in [6, 6.07) is 11.5. The lowest BCUT2D eigenvalue weighted by Gasteiger charge is -2.35. The van der Waals surface area contributed by atoms with Gasteiger partial charge >= 0.3 is 0 Å². The second-order valence-corrected chi connectivity index (χ2v) is 7.53. The van der Waals surface area contributed by atoms with Gasteiger partial charge in [-0.05, 0) is 24.3 Å². The van der Waals surface area contributed by atoms with Crippen molar-refractivity contribution in [3.63, 3.8) is 0 Å². The van der Waals surface area contributed by atoms with Gasteiger partial charge in [-0.2, -0.15) is 4.31 Å². The zero-order valence-corrected chi connectivity index (χ0v) is 14.0. The molecule has 132 valence electrons. The van der Waals surface area contributed by atoms with Crippen molar-refractivity contribution in [1.29, 1.82) is 0 Å². The van der Waals surface area contributed by atoms with Crippen LogP contribution in [0.25, 0.3) is 0 Å². The lowest BCUT2D eigenvalue weighted by Crippen LogP contribution is -2.48. The number of benzene rings is 2. The first kappa shape index (κ1) is 17.3. The van der Waals surface area contributed by atoms with Crippen molar-refractivity contribution in [1.82, 2.24) is 4.31 Å². The molecule has 0 radical (unpaired) electrons. The largest absolute Gasteiger partial charge is 0.363 e. The molecule has 1 aliphatic rings. The Labute approximate surface area is 144 Å². The van der Waals surface area contributed by atoms with E-state index >= 15 is 0 Å². The Kier molecular flexibility index (Phi) is 4.69. The van der Waals surface area contributed by atoms with E-state index in [-0.39, 0.29) is 23.7 Å². The molecule has 7 nitrogen and oxygen atoms in total. The maximum Gasteiger partial charge on any atom is 0.295 e. The molecule has 0 atom stereocenters. The molecule has 1 fully saturated rings. The molecule has 0 N–H and O–H groups in total. The van der Waals surface area contributed by atoms with Crippen LogP contribution in [-0.2, 0) is 10.0 Å². The van der Waals surface area contributed by atoms with E-state index < -0.39 is 20.8 Å². The predicted octanol–water partition coefficient (Wildman–Crippen LogP) is 2.24. The smallest absolute Gasteiger partial charge is 0.295 e. The summed E-state index contributed by atoms with van der Waals surface area (Å²) in [5.41, 5.74) is -0.0254. The van der Waals surface area contributed by atoms with Gasteiger partial charge in [-0.25, -0.2) is 12.8 Å². The Hall–Kier alpha value is -2.52. The molecule has 0 aliphatic carbocycles. The van der Waals surface area contributed by atoms with Crippen molar-refractivity contribution < 1.29 is 17.7 Å². The fraction of sp³-hybridized carbons (Fsp3) is 0.250. The maximum atomic E-state index is 13.3. The fourth-order valence-electron chi connectivity index (χ4n) is 2.82. The minimum absolute atomic E-state index is 0.200. The van der Waals surface area contributed by atoms with Crippen LogP contribution < -0.4 is 4.90 Å². The zero-order valence-electron chi connectivity index (χ0n) is 13.2. The van der Waals surface area contributed by atoms with Gasteiger partial charge in [0.25, 0.3) is 5.69 Å². The standard InChI is InChI=1S/C16H16FN3O4S/c17-13-6-7-15(16(12-13)20(21)22)18-8-10-19(11-9-18)25(23,24)14-4-2-1-3-5-14/h1-7,12H,8-11H2. The highest BCUT2D eigenvalue weighted by Gasteiger charge is 2.30. The molecule has 1 saturated heterocycles. The number of piperazine rings is 1. The summed E-state index contributed by atoms with van der Waals surface area (Å²) in [6.07, 6.45) is 0. The van der Waals surface area contributed by atoms with E-state index in [0.717, 1.165) is 12.1 Å². The minimum atomic E-state index is -3.59. The SMILES string of the molecule is O=[N+]([O-])c1cc(F)ccc1N1CCN(S(=O)(=O)c2ccccc2)CC1.